The van der Waals surface area contributed by atoms with Crippen LogP contribution < -0.4 is 0 Å². The van der Waals surface area contributed by atoms with E-state index < -0.39 is 91.0 Å². The summed E-state index contributed by atoms with van der Waals surface area (Å²) in [6, 6.07) is 62.3. The van der Waals surface area contributed by atoms with Crippen LogP contribution in [-0.4, -0.2) is 103 Å². The Hall–Kier alpha value is -7.47. The van der Waals surface area contributed by atoms with Crippen LogP contribution in [0.25, 0.3) is 0 Å². The normalized spacial score (nSPS) is 22.8. The maximum absolute atomic E-state index is 14.4. The first-order valence-corrected chi connectivity index (χ1v) is 26.9. The fourth-order valence-corrected chi connectivity index (χ4v) is 9.98. The van der Waals surface area contributed by atoms with Gasteiger partial charge in [0.05, 0.1) is 55.3 Å². The second-order valence-corrected chi connectivity index (χ2v) is 19.7. The molecule has 0 saturated carbocycles. The molecule has 9 rings (SSSR count). The third kappa shape index (κ3) is 15.0. The van der Waals surface area contributed by atoms with Crippen molar-refractivity contribution >= 4 is 35.6 Å². The second kappa shape index (κ2) is 28.2. The van der Waals surface area contributed by atoms with Gasteiger partial charge in [-0.25, -0.2) is 19.2 Å². The SMILES string of the molecule is CCS[C@@H]1O[C@H](CO[C@@H]2O[C@H](COCc3ccccc3)[C@@H](OCc3ccccc3)[C@H](OCc3ccccc3)[C@H]2OC(=O)c2ccccc2)[C@@H](OC(=O)c2ccccc2)[C@H](OC(=O)c2ccccc2)[C@H]1OC(=O)c1ccccc1. The monoisotopic (exact) mass is 1070 g/mol. The number of esters is 4. The molecule has 0 aromatic heterocycles. The number of rotatable bonds is 23. The molecule has 10 atom stereocenters. The number of hydrogen-bond donors (Lipinski definition) is 0. The highest BCUT2D eigenvalue weighted by molar-refractivity contribution is 7.99. The lowest BCUT2D eigenvalue weighted by Crippen LogP contribution is -2.64. The van der Waals surface area contributed by atoms with E-state index in [1.54, 1.807) is 121 Å². The Balaban J connectivity index is 1.10. The van der Waals surface area contributed by atoms with Crippen LogP contribution in [0.4, 0.5) is 0 Å². The zero-order valence-corrected chi connectivity index (χ0v) is 43.7. The molecule has 0 unspecified atom stereocenters. The highest BCUT2D eigenvalue weighted by Crippen LogP contribution is 2.37. The number of hydrogen-bond acceptors (Lipinski definition) is 15. The van der Waals surface area contributed by atoms with E-state index in [1.807, 2.05) is 97.9 Å². The minimum absolute atomic E-state index is 0.0167. The van der Waals surface area contributed by atoms with Gasteiger partial charge < -0.3 is 47.4 Å². The summed E-state index contributed by atoms with van der Waals surface area (Å²) in [5.41, 5.74) is 2.51. The van der Waals surface area contributed by atoms with E-state index in [2.05, 4.69) is 0 Å². The van der Waals surface area contributed by atoms with Crippen LogP contribution in [0.1, 0.15) is 65.0 Å². The molecule has 2 heterocycles. The van der Waals surface area contributed by atoms with Gasteiger partial charge in [0.2, 0.25) is 0 Å². The van der Waals surface area contributed by atoms with Crippen molar-refractivity contribution in [3.8, 4) is 0 Å². The molecule has 0 bridgehead atoms. The molecular formula is C63H60O14S. The van der Waals surface area contributed by atoms with Crippen LogP contribution in [0.3, 0.4) is 0 Å². The molecule has 78 heavy (non-hydrogen) atoms. The molecule has 2 aliphatic heterocycles. The van der Waals surface area contributed by atoms with Crippen LogP contribution in [0.15, 0.2) is 212 Å². The van der Waals surface area contributed by atoms with Gasteiger partial charge in [-0.05, 0) is 71.0 Å². The zero-order chi connectivity index (χ0) is 53.9. The van der Waals surface area contributed by atoms with Gasteiger partial charge in [0.15, 0.2) is 30.7 Å². The van der Waals surface area contributed by atoms with Gasteiger partial charge in [0.1, 0.15) is 29.9 Å². The van der Waals surface area contributed by atoms with E-state index in [0.29, 0.717) is 5.75 Å². The molecule has 0 N–H and O–H groups in total. The summed E-state index contributed by atoms with van der Waals surface area (Å²) in [4.78, 5) is 56.9. The van der Waals surface area contributed by atoms with Crippen molar-refractivity contribution in [2.24, 2.45) is 0 Å². The number of thioether (sulfide) groups is 1. The van der Waals surface area contributed by atoms with Gasteiger partial charge in [-0.3, -0.25) is 0 Å². The molecular weight excluding hydrogens is 1010 g/mol. The van der Waals surface area contributed by atoms with E-state index in [-0.39, 0.29) is 48.7 Å². The third-order valence-electron chi connectivity index (χ3n) is 12.9. The first-order chi connectivity index (χ1) is 38.3. The van der Waals surface area contributed by atoms with Gasteiger partial charge in [-0.1, -0.05) is 171 Å². The van der Waals surface area contributed by atoms with Gasteiger partial charge in [-0.2, -0.15) is 0 Å². The fraction of sp³-hybridized carbons (Fsp3) is 0.270. The predicted molar refractivity (Wildman–Crippen MR) is 290 cm³/mol. The molecule has 7 aromatic carbocycles. The lowest BCUT2D eigenvalue weighted by molar-refractivity contribution is -0.325. The van der Waals surface area contributed by atoms with E-state index in [4.69, 9.17) is 47.4 Å². The minimum atomic E-state index is -1.49. The van der Waals surface area contributed by atoms with Crippen LogP contribution in [0.5, 0.6) is 0 Å². The summed E-state index contributed by atoms with van der Waals surface area (Å²) >= 11 is 1.29. The van der Waals surface area contributed by atoms with Crippen LogP contribution >= 0.6 is 11.8 Å². The van der Waals surface area contributed by atoms with Gasteiger partial charge in [-0.15, -0.1) is 11.8 Å². The largest absolute Gasteiger partial charge is 0.452 e. The predicted octanol–water partition coefficient (Wildman–Crippen LogP) is 10.5. The molecule has 7 aromatic rings. The summed E-state index contributed by atoms with van der Waals surface area (Å²) in [5, 5.41) is 0. The van der Waals surface area contributed by atoms with Crippen molar-refractivity contribution in [3.05, 3.63) is 251 Å². The summed E-state index contributed by atoms with van der Waals surface area (Å²) < 4.78 is 66.2. The van der Waals surface area contributed by atoms with Crippen molar-refractivity contribution in [3.63, 3.8) is 0 Å². The zero-order valence-electron chi connectivity index (χ0n) is 42.8. The molecule has 402 valence electrons. The Kier molecular flexibility index (Phi) is 20.0. The van der Waals surface area contributed by atoms with E-state index >= 15 is 0 Å². The number of benzene rings is 7. The first kappa shape index (κ1) is 55.3. The van der Waals surface area contributed by atoms with Crippen molar-refractivity contribution < 1.29 is 66.5 Å². The first-order valence-electron chi connectivity index (χ1n) is 25.8. The molecule has 0 amide bonds. The van der Waals surface area contributed by atoms with E-state index in [1.165, 1.54) is 11.8 Å². The molecule has 15 heteroatoms. The highest BCUT2D eigenvalue weighted by Gasteiger charge is 2.55. The molecule has 0 aliphatic carbocycles. The van der Waals surface area contributed by atoms with Crippen molar-refractivity contribution in [1.82, 2.24) is 0 Å². The van der Waals surface area contributed by atoms with Crippen molar-refractivity contribution in [2.45, 2.75) is 87.3 Å². The maximum atomic E-state index is 14.4. The lowest BCUT2D eigenvalue weighted by Gasteiger charge is -2.47. The highest BCUT2D eigenvalue weighted by atomic mass is 32.2. The minimum Gasteiger partial charge on any atom is -0.452 e. The smallest absolute Gasteiger partial charge is 0.338 e. The number of ether oxygens (including phenoxy) is 10. The molecule has 0 radical (unpaired) electrons. The second-order valence-electron chi connectivity index (χ2n) is 18.3. The van der Waals surface area contributed by atoms with Crippen molar-refractivity contribution in [2.75, 3.05) is 19.0 Å². The Morgan fingerprint density at radius 2 is 0.731 bits per heavy atom. The Morgan fingerprint density at radius 3 is 1.17 bits per heavy atom. The maximum Gasteiger partial charge on any atom is 0.338 e. The summed E-state index contributed by atoms with van der Waals surface area (Å²) in [6.45, 7) is 1.92. The Bertz CT molecular complexity index is 2940. The Morgan fingerprint density at radius 1 is 0.372 bits per heavy atom. The molecule has 0 spiro atoms. The topological polar surface area (TPSA) is 161 Å². The molecule has 2 fully saturated rings. The van der Waals surface area contributed by atoms with Gasteiger partial charge in [0, 0.05) is 0 Å². The summed E-state index contributed by atoms with van der Waals surface area (Å²) in [5.74, 6) is -2.50. The number of carbonyl (C=O) groups is 4. The van der Waals surface area contributed by atoms with Crippen molar-refractivity contribution in [1.29, 1.82) is 0 Å². The molecule has 2 saturated heterocycles. The van der Waals surface area contributed by atoms with E-state index in [0.717, 1.165) is 16.7 Å². The van der Waals surface area contributed by atoms with E-state index in [9.17, 15) is 19.2 Å². The average Bonchev–Trinajstić information content (AvgIpc) is 3.50. The number of carbonyl (C=O) groups excluding carboxylic acids is 4. The quantitative estimate of drug-likeness (QED) is 0.0439. The summed E-state index contributed by atoms with van der Waals surface area (Å²) in [7, 11) is 0. The van der Waals surface area contributed by atoms with Crippen LogP contribution in [0.2, 0.25) is 0 Å². The molecule has 2 aliphatic rings. The average molecular weight is 1070 g/mol. The Labute approximate surface area is 457 Å². The van der Waals surface area contributed by atoms with Crippen LogP contribution in [-0.2, 0) is 67.2 Å². The third-order valence-corrected chi connectivity index (χ3v) is 14.0. The fourth-order valence-electron chi connectivity index (χ4n) is 9.03. The lowest BCUT2D eigenvalue weighted by atomic mass is 9.97. The van der Waals surface area contributed by atoms with Crippen LogP contribution in [0, 0.1) is 0 Å². The summed E-state index contributed by atoms with van der Waals surface area (Å²) in [6.07, 6.45) is -11.2. The standard InChI is InChI=1S/C63H60O14S/c1-2-78-63-57(77-61(67)49-36-22-9-23-37-49)55(75-59(65)47-32-18-7-19-33-47)53(74-58(64)46-30-16-6-17-31-46)51(73-63)42-71-62-56(76-60(66)48-34-20-8-21-35-48)54(70-40-45-28-14-5-15-29-45)52(69-39-44-26-12-4-13-27-44)50(72-62)41-68-38-43-24-10-3-11-25-43/h3-37,50-57,62-63H,2,38-42H2,1H3/t50-,51-,52-,53-,54+,55+,56-,57-,62-,63+/m1/s1. The van der Waals surface area contributed by atoms with Gasteiger partial charge in [0.25, 0.3) is 0 Å². The molecule has 14 nitrogen and oxygen atoms in total. The van der Waals surface area contributed by atoms with Gasteiger partial charge >= 0.3 is 23.9 Å².